The van der Waals surface area contributed by atoms with Crippen LogP contribution in [0.2, 0.25) is 0 Å². The first kappa shape index (κ1) is 8.96. The van der Waals surface area contributed by atoms with Crippen LogP contribution in [0.5, 0.6) is 0 Å². The van der Waals surface area contributed by atoms with Crippen LogP contribution in [0.25, 0.3) is 0 Å². The summed E-state index contributed by atoms with van der Waals surface area (Å²) in [7, 11) is 0. The molecule has 56 valence electrons. The Balaban J connectivity index is 3.89. The van der Waals surface area contributed by atoms with Crippen LogP contribution in [-0.4, -0.2) is 11.1 Å². The summed E-state index contributed by atoms with van der Waals surface area (Å²) in [5, 5.41) is 16.6. The molecule has 0 aromatic carbocycles. The Kier molecular flexibility index (Phi) is 2.88. The first-order valence-electron chi connectivity index (χ1n) is 3.07. The van der Waals surface area contributed by atoms with Crippen molar-refractivity contribution in [2.24, 2.45) is 5.41 Å². The molecule has 0 aliphatic heterocycles. The lowest BCUT2D eigenvalue weighted by Gasteiger charge is -2.17. The Morgan fingerprint density at radius 1 is 1.70 bits per heavy atom. The van der Waals surface area contributed by atoms with E-state index < -0.39 is 5.97 Å². The van der Waals surface area contributed by atoms with E-state index in [0.29, 0.717) is 6.42 Å². The van der Waals surface area contributed by atoms with E-state index in [1.807, 2.05) is 6.07 Å². The van der Waals surface area contributed by atoms with Crippen molar-refractivity contribution in [1.29, 1.82) is 5.26 Å². The third kappa shape index (κ3) is 3.90. The van der Waals surface area contributed by atoms with E-state index in [1.165, 1.54) is 0 Å². The van der Waals surface area contributed by atoms with E-state index >= 15 is 0 Å². The fourth-order valence-corrected chi connectivity index (χ4v) is 0.686. The number of nitrogens with zero attached hydrogens (tertiary/aromatic N) is 1. The van der Waals surface area contributed by atoms with Crippen molar-refractivity contribution in [3.63, 3.8) is 0 Å². The van der Waals surface area contributed by atoms with Gasteiger partial charge in [0.2, 0.25) is 0 Å². The molecule has 0 fully saturated rings. The van der Waals surface area contributed by atoms with Crippen LogP contribution in [0, 0.1) is 16.7 Å². The van der Waals surface area contributed by atoms with Gasteiger partial charge in [0.25, 0.3) is 0 Å². The second-order valence-electron chi connectivity index (χ2n) is 3.07. The largest absolute Gasteiger partial charge is 0.481 e. The van der Waals surface area contributed by atoms with Crippen LogP contribution < -0.4 is 0 Å². The average molecular weight is 141 g/mol. The molecule has 0 spiro atoms. The number of carboxylic acid groups (broad SMARTS) is 1. The van der Waals surface area contributed by atoms with Gasteiger partial charge in [-0.1, -0.05) is 13.8 Å². The summed E-state index contributed by atoms with van der Waals surface area (Å²) in [6.45, 7) is 3.54. The molecule has 0 aliphatic carbocycles. The number of nitriles is 1. The zero-order valence-corrected chi connectivity index (χ0v) is 6.22. The van der Waals surface area contributed by atoms with E-state index in [-0.39, 0.29) is 11.8 Å². The monoisotopic (exact) mass is 141 g/mol. The van der Waals surface area contributed by atoms with Gasteiger partial charge in [0.15, 0.2) is 0 Å². The molecule has 0 aromatic heterocycles. The smallest absolute Gasteiger partial charge is 0.303 e. The van der Waals surface area contributed by atoms with Gasteiger partial charge in [-0.25, -0.2) is 0 Å². The second-order valence-corrected chi connectivity index (χ2v) is 3.07. The molecule has 3 nitrogen and oxygen atoms in total. The molecule has 0 aliphatic rings. The lowest BCUT2D eigenvalue weighted by atomic mass is 9.86. The number of rotatable bonds is 3. The first-order chi connectivity index (χ1) is 4.48. The Labute approximate surface area is 60.3 Å². The Bertz CT molecular complexity index is 167. The van der Waals surface area contributed by atoms with Gasteiger partial charge in [0, 0.05) is 6.42 Å². The summed E-state index contributed by atoms with van der Waals surface area (Å²) in [4.78, 5) is 10.2. The van der Waals surface area contributed by atoms with E-state index in [1.54, 1.807) is 13.8 Å². The highest BCUT2D eigenvalue weighted by Gasteiger charge is 2.20. The number of aliphatic carboxylic acids is 1. The van der Waals surface area contributed by atoms with Gasteiger partial charge in [0.05, 0.1) is 12.5 Å². The van der Waals surface area contributed by atoms with Gasteiger partial charge >= 0.3 is 5.97 Å². The van der Waals surface area contributed by atoms with Crippen LogP contribution in [0.1, 0.15) is 26.7 Å². The predicted molar refractivity (Wildman–Crippen MR) is 36.3 cm³/mol. The maximum atomic E-state index is 10.2. The van der Waals surface area contributed by atoms with Crippen LogP contribution in [-0.2, 0) is 4.79 Å². The van der Waals surface area contributed by atoms with Crippen molar-refractivity contribution in [3.05, 3.63) is 0 Å². The summed E-state index contributed by atoms with van der Waals surface area (Å²) in [5.41, 5.74) is -0.388. The van der Waals surface area contributed by atoms with Gasteiger partial charge in [-0.2, -0.15) is 5.26 Å². The lowest BCUT2D eigenvalue weighted by Crippen LogP contribution is -2.15. The Hall–Kier alpha value is -1.04. The molecule has 0 aromatic rings. The topological polar surface area (TPSA) is 61.1 Å². The highest BCUT2D eigenvalue weighted by Crippen LogP contribution is 2.23. The molecule has 0 saturated heterocycles. The standard InChI is InChI=1S/C7H11NO2/c1-7(2,3-4-8)5-6(9)10/h3,5H2,1-2H3,(H,9,10). The minimum absolute atomic E-state index is 0.0561. The summed E-state index contributed by atoms with van der Waals surface area (Å²) in [6.07, 6.45) is 0.347. The molecule has 0 atom stereocenters. The number of hydrogen-bond donors (Lipinski definition) is 1. The normalized spacial score (nSPS) is 10.5. The van der Waals surface area contributed by atoms with Crippen LogP contribution in [0.4, 0.5) is 0 Å². The second kappa shape index (κ2) is 3.21. The molecule has 0 saturated carbocycles. The molecular formula is C7H11NO2. The maximum absolute atomic E-state index is 10.2. The summed E-state index contributed by atoms with van der Waals surface area (Å²) >= 11 is 0. The van der Waals surface area contributed by atoms with Crippen molar-refractivity contribution >= 4 is 5.97 Å². The number of carbonyl (C=O) groups is 1. The fraction of sp³-hybridized carbons (Fsp3) is 0.714. The molecule has 0 bridgehead atoms. The van der Waals surface area contributed by atoms with Crippen molar-refractivity contribution in [1.82, 2.24) is 0 Å². The zero-order valence-electron chi connectivity index (χ0n) is 6.22. The predicted octanol–water partition coefficient (Wildman–Crippen LogP) is 1.40. The van der Waals surface area contributed by atoms with Gasteiger partial charge in [-0.15, -0.1) is 0 Å². The van der Waals surface area contributed by atoms with Crippen molar-refractivity contribution in [2.75, 3.05) is 0 Å². The van der Waals surface area contributed by atoms with E-state index in [4.69, 9.17) is 10.4 Å². The van der Waals surface area contributed by atoms with E-state index in [2.05, 4.69) is 0 Å². The van der Waals surface area contributed by atoms with Crippen molar-refractivity contribution in [2.45, 2.75) is 26.7 Å². The van der Waals surface area contributed by atoms with E-state index in [0.717, 1.165) is 0 Å². The van der Waals surface area contributed by atoms with Crippen molar-refractivity contribution in [3.8, 4) is 6.07 Å². The number of carboxylic acids is 1. The third-order valence-electron chi connectivity index (χ3n) is 1.19. The van der Waals surface area contributed by atoms with Gasteiger partial charge in [0.1, 0.15) is 0 Å². The summed E-state index contributed by atoms with van der Waals surface area (Å²) in [6, 6.07) is 1.95. The van der Waals surface area contributed by atoms with Crippen molar-refractivity contribution < 1.29 is 9.90 Å². The average Bonchev–Trinajstić information content (AvgIpc) is 1.59. The molecular weight excluding hydrogens is 130 g/mol. The SMILES string of the molecule is CC(C)(CC#N)CC(=O)O. The molecule has 0 amide bonds. The molecule has 0 unspecified atom stereocenters. The van der Waals surface area contributed by atoms with Gasteiger partial charge < -0.3 is 5.11 Å². The van der Waals surface area contributed by atoms with Gasteiger partial charge in [-0.3, -0.25) is 4.79 Å². The molecule has 0 rings (SSSR count). The maximum Gasteiger partial charge on any atom is 0.303 e. The van der Waals surface area contributed by atoms with Gasteiger partial charge in [-0.05, 0) is 5.41 Å². The van der Waals surface area contributed by atoms with Crippen LogP contribution in [0.3, 0.4) is 0 Å². The minimum atomic E-state index is -0.847. The Morgan fingerprint density at radius 2 is 2.20 bits per heavy atom. The molecule has 10 heavy (non-hydrogen) atoms. The molecule has 0 heterocycles. The molecule has 1 N–H and O–H groups in total. The number of hydrogen-bond acceptors (Lipinski definition) is 2. The molecule has 0 radical (unpaired) electrons. The lowest BCUT2D eigenvalue weighted by molar-refractivity contribution is -0.139. The summed E-state index contributed by atoms with van der Waals surface area (Å²) < 4.78 is 0. The fourth-order valence-electron chi connectivity index (χ4n) is 0.686. The quantitative estimate of drug-likeness (QED) is 0.646. The van der Waals surface area contributed by atoms with E-state index in [9.17, 15) is 4.79 Å². The highest BCUT2D eigenvalue weighted by atomic mass is 16.4. The third-order valence-corrected chi connectivity index (χ3v) is 1.19. The van der Waals surface area contributed by atoms with Crippen LogP contribution >= 0.6 is 0 Å². The summed E-state index contributed by atoms with van der Waals surface area (Å²) in [5.74, 6) is -0.847. The van der Waals surface area contributed by atoms with Crippen LogP contribution in [0.15, 0.2) is 0 Å². The Morgan fingerprint density at radius 3 is 2.50 bits per heavy atom. The highest BCUT2D eigenvalue weighted by molar-refractivity contribution is 5.67. The molecule has 3 heteroatoms. The minimum Gasteiger partial charge on any atom is -0.481 e. The first-order valence-corrected chi connectivity index (χ1v) is 3.07. The zero-order chi connectivity index (χ0) is 8.20.